The molecule has 1 aliphatic rings. The maximum atomic E-state index is 13.4. The largest absolute Gasteiger partial charge is 0.487 e. The van der Waals surface area contributed by atoms with Crippen molar-refractivity contribution in [2.45, 2.75) is 31.7 Å². The minimum absolute atomic E-state index is 0.0371. The molecule has 0 saturated heterocycles. The van der Waals surface area contributed by atoms with Crippen LogP contribution in [0.15, 0.2) is 78.2 Å². The molecule has 4 rings (SSSR count). The van der Waals surface area contributed by atoms with Crippen LogP contribution in [0.3, 0.4) is 0 Å². The summed E-state index contributed by atoms with van der Waals surface area (Å²) in [6.45, 7) is 7.35. The molecule has 182 valence electrons. The van der Waals surface area contributed by atoms with Crippen molar-refractivity contribution >= 4 is 11.7 Å². The molecule has 3 aromatic rings. The van der Waals surface area contributed by atoms with Crippen LogP contribution in [0.2, 0.25) is 0 Å². The highest BCUT2D eigenvalue weighted by molar-refractivity contribution is 5.90. The number of nitrogens with zero attached hydrogens (tertiary/aromatic N) is 2. The Bertz CT molecular complexity index is 1210. The number of likely N-dealkylation sites (N-methyl/N-ethyl adjacent to an activating group) is 1. The molecule has 0 N–H and O–H groups in total. The molecule has 6 heteroatoms. The van der Waals surface area contributed by atoms with Gasteiger partial charge in [0.05, 0.1) is 25.5 Å². The van der Waals surface area contributed by atoms with Gasteiger partial charge in [-0.05, 0) is 17.5 Å². The van der Waals surface area contributed by atoms with Gasteiger partial charge in [-0.3, -0.25) is 4.79 Å². The maximum absolute atomic E-state index is 13.4. The number of pyridine rings is 1. The summed E-state index contributed by atoms with van der Waals surface area (Å²) in [6, 6.07) is 20.4. The minimum atomic E-state index is -0.676. The predicted octanol–water partition coefficient (Wildman–Crippen LogP) is 5.10. The van der Waals surface area contributed by atoms with Gasteiger partial charge in [0.2, 0.25) is 5.43 Å². The molecule has 0 amide bonds. The summed E-state index contributed by atoms with van der Waals surface area (Å²) in [6.07, 6.45) is 3.34. The third kappa shape index (κ3) is 4.74. The van der Waals surface area contributed by atoms with Gasteiger partial charge in [0.15, 0.2) is 5.75 Å². The van der Waals surface area contributed by atoms with Crippen LogP contribution in [0, 0.1) is 0 Å². The van der Waals surface area contributed by atoms with Crippen molar-refractivity contribution in [3.8, 4) is 5.75 Å². The van der Waals surface area contributed by atoms with E-state index >= 15 is 0 Å². The highest BCUT2D eigenvalue weighted by Crippen LogP contribution is 2.42. The van der Waals surface area contributed by atoms with Crippen LogP contribution in [0.1, 0.15) is 58.9 Å². The van der Waals surface area contributed by atoms with E-state index in [1.807, 2.05) is 48.0 Å². The summed E-state index contributed by atoms with van der Waals surface area (Å²) in [5.74, 6) is -0.559. The molecule has 6 nitrogen and oxygen atoms in total. The fraction of sp³-hybridized carbons (Fsp3) is 0.310. The second kappa shape index (κ2) is 10.6. The van der Waals surface area contributed by atoms with Crippen molar-refractivity contribution in [1.29, 1.82) is 0 Å². The van der Waals surface area contributed by atoms with Crippen molar-refractivity contribution in [2.24, 2.45) is 0 Å². The Balaban J connectivity index is 1.98. The Kier molecular flexibility index (Phi) is 7.39. The molecule has 0 saturated carbocycles. The summed E-state index contributed by atoms with van der Waals surface area (Å²) in [7, 11) is 3.25. The quantitative estimate of drug-likeness (QED) is 0.337. The van der Waals surface area contributed by atoms with Gasteiger partial charge >= 0.3 is 5.97 Å². The number of ether oxygens (including phenoxy) is 2. The fourth-order valence-electron chi connectivity index (χ4n) is 4.74. The zero-order valence-electron chi connectivity index (χ0n) is 20.6. The number of carbonyl (C=O) groups is 1. The van der Waals surface area contributed by atoms with E-state index in [0.29, 0.717) is 24.5 Å². The molecule has 0 aliphatic carbocycles. The van der Waals surface area contributed by atoms with E-state index in [2.05, 4.69) is 42.7 Å². The Morgan fingerprint density at radius 1 is 1.09 bits per heavy atom. The minimum Gasteiger partial charge on any atom is -0.487 e. The van der Waals surface area contributed by atoms with Gasteiger partial charge in [0, 0.05) is 25.7 Å². The van der Waals surface area contributed by atoms with E-state index in [4.69, 9.17) is 9.47 Å². The monoisotopic (exact) mass is 472 g/mol. The molecule has 1 aliphatic heterocycles. The normalized spacial score (nSPS) is 15.1. The van der Waals surface area contributed by atoms with E-state index in [1.54, 1.807) is 6.20 Å². The lowest BCUT2D eigenvalue weighted by Gasteiger charge is -2.41. The van der Waals surface area contributed by atoms with Crippen LogP contribution in [0.25, 0.3) is 5.70 Å². The van der Waals surface area contributed by atoms with Crippen LogP contribution in [-0.2, 0) is 4.74 Å². The molecule has 0 spiro atoms. The molecule has 2 heterocycles. The first-order valence-electron chi connectivity index (χ1n) is 12.0. The number of hydrogen-bond donors (Lipinski definition) is 0. The number of benzene rings is 2. The van der Waals surface area contributed by atoms with E-state index in [-0.39, 0.29) is 23.3 Å². The van der Waals surface area contributed by atoms with Gasteiger partial charge in [-0.1, -0.05) is 80.6 Å². The predicted molar refractivity (Wildman–Crippen MR) is 138 cm³/mol. The Morgan fingerprint density at radius 3 is 2.23 bits per heavy atom. The number of hydrogen-bond acceptors (Lipinski definition) is 5. The van der Waals surface area contributed by atoms with Crippen molar-refractivity contribution in [3.63, 3.8) is 0 Å². The van der Waals surface area contributed by atoms with Gasteiger partial charge in [0.1, 0.15) is 11.3 Å². The van der Waals surface area contributed by atoms with Gasteiger partial charge in [-0.15, -0.1) is 0 Å². The van der Waals surface area contributed by atoms with Crippen molar-refractivity contribution in [1.82, 2.24) is 9.47 Å². The molecule has 2 aromatic carbocycles. The molecule has 1 atom stereocenters. The van der Waals surface area contributed by atoms with Crippen LogP contribution in [0.4, 0.5) is 0 Å². The summed E-state index contributed by atoms with van der Waals surface area (Å²) in [4.78, 5) is 28.1. The van der Waals surface area contributed by atoms with Crippen LogP contribution >= 0.6 is 0 Å². The summed E-state index contributed by atoms with van der Waals surface area (Å²) in [5.41, 5.74) is 3.07. The summed E-state index contributed by atoms with van der Waals surface area (Å²) >= 11 is 0. The van der Waals surface area contributed by atoms with Crippen molar-refractivity contribution in [3.05, 3.63) is 106 Å². The van der Waals surface area contributed by atoms with Crippen LogP contribution in [-0.4, -0.2) is 42.7 Å². The fourth-order valence-corrected chi connectivity index (χ4v) is 4.74. The van der Waals surface area contributed by atoms with Crippen LogP contribution in [0.5, 0.6) is 5.75 Å². The number of fused-ring (bicyclic) bond motifs is 1. The smallest absolute Gasteiger partial charge is 0.343 e. The topological polar surface area (TPSA) is 60.8 Å². The summed E-state index contributed by atoms with van der Waals surface area (Å²) < 4.78 is 13.0. The first-order valence-corrected chi connectivity index (χ1v) is 12.0. The second-order valence-electron chi connectivity index (χ2n) is 8.84. The molecular weight excluding hydrogens is 440 g/mol. The Morgan fingerprint density at radius 2 is 1.69 bits per heavy atom. The lowest BCUT2D eigenvalue weighted by atomic mass is 9.83. The van der Waals surface area contributed by atoms with E-state index < -0.39 is 11.4 Å². The number of carbonyl (C=O) groups excluding carboxylic acids is 1. The van der Waals surface area contributed by atoms with Gasteiger partial charge in [-0.2, -0.15) is 0 Å². The number of aromatic nitrogens is 1. The highest BCUT2D eigenvalue weighted by Gasteiger charge is 2.36. The van der Waals surface area contributed by atoms with Crippen LogP contribution < -0.4 is 10.2 Å². The summed E-state index contributed by atoms with van der Waals surface area (Å²) in [5, 5.41) is 0. The zero-order valence-corrected chi connectivity index (χ0v) is 20.6. The van der Waals surface area contributed by atoms with Gasteiger partial charge < -0.3 is 18.9 Å². The van der Waals surface area contributed by atoms with Crippen molar-refractivity contribution in [2.75, 3.05) is 27.3 Å². The third-order valence-corrected chi connectivity index (χ3v) is 6.60. The maximum Gasteiger partial charge on any atom is 0.343 e. The SMILES string of the molecule is C=C1c2c(OCCCC)c(=O)c(C(=O)OC)cn2[C@@H](C(c2ccccc2)c2ccccc2)CN1C. The zero-order chi connectivity index (χ0) is 24.9. The molecular formula is C29H32N2O4. The lowest BCUT2D eigenvalue weighted by Crippen LogP contribution is -2.40. The standard InChI is InChI=1S/C29H32N2O4/c1-5-6-17-35-28-26-20(2)30(3)19-24(31(26)18-23(27(28)32)29(33)34-4)25(21-13-9-7-10-14-21)22-15-11-8-12-16-22/h7-16,18,24-25H,2,5-6,17,19H2,1,3-4H3/t24-/m1/s1. The average molecular weight is 473 g/mol. The number of rotatable bonds is 8. The number of unbranched alkanes of at least 4 members (excludes halogenated alkanes) is 1. The Labute approximate surface area is 206 Å². The van der Waals surface area contributed by atoms with Gasteiger partial charge in [-0.25, -0.2) is 4.79 Å². The third-order valence-electron chi connectivity index (χ3n) is 6.60. The second-order valence-corrected chi connectivity index (χ2v) is 8.84. The molecule has 35 heavy (non-hydrogen) atoms. The number of methoxy groups -OCH3 is 1. The molecule has 0 fully saturated rings. The van der Waals surface area contributed by atoms with E-state index in [9.17, 15) is 9.59 Å². The lowest BCUT2D eigenvalue weighted by molar-refractivity contribution is 0.0596. The average Bonchev–Trinajstić information content (AvgIpc) is 2.89. The van der Waals surface area contributed by atoms with E-state index in [0.717, 1.165) is 24.0 Å². The van der Waals surface area contributed by atoms with E-state index in [1.165, 1.54) is 7.11 Å². The molecule has 0 bridgehead atoms. The first kappa shape index (κ1) is 24.3. The van der Waals surface area contributed by atoms with Gasteiger partial charge in [0.25, 0.3) is 0 Å². The molecule has 0 radical (unpaired) electrons. The first-order chi connectivity index (χ1) is 17.0. The highest BCUT2D eigenvalue weighted by atomic mass is 16.5. The number of esters is 1. The molecule has 1 aromatic heterocycles. The molecule has 0 unspecified atom stereocenters. The van der Waals surface area contributed by atoms with Crippen molar-refractivity contribution < 1.29 is 14.3 Å². The Hall–Kier alpha value is -3.80.